The van der Waals surface area contributed by atoms with Gasteiger partial charge in [-0.1, -0.05) is 30.3 Å². The van der Waals surface area contributed by atoms with Crippen molar-refractivity contribution >= 4 is 15.9 Å². The van der Waals surface area contributed by atoms with Gasteiger partial charge in [-0.25, -0.2) is 13.1 Å². The van der Waals surface area contributed by atoms with E-state index in [9.17, 15) is 13.2 Å². The van der Waals surface area contributed by atoms with Crippen LogP contribution in [-0.4, -0.2) is 44.9 Å². The number of benzene rings is 2. The van der Waals surface area contributed by atoms with Crippen LogP contribution in [-0.2, 0) is 16.4 Å². The van der Waals surface area contributed by atoms with Gasteiger partial charge in [0.2, 0.25) is 10.0 Å². The highest BCUT2D eigenvalue weighted by atomic mass is 32.2. The average molecular weight is 388 g/mol. The molecule has 0 atom stereocenters. The zero-order chi connectivity index (χ0) is 19.3. The van der Waals surface area contributed by atoms with Gasteiger partial charge in [-0.3, -0.25) is 4.79 Å². The Morgan fingerprint density at radius 1 is 1.04 bits per heavy atom. The molecule has 0 saturated heterocycles. The molecule has 2 aromatic rings. The third kappa shape index (κ3) is 5.38. The number of sulfonamides is 1. The monoisotopic (exact) mass is 387 g/mol. The van der Waals surface area contributed by atoms with Crippen LogP contribution in [0.25, 0.3) is 0 Å². The minimum Gasteiger partial charge on any atom is -0.337 e. The molecule has 0 heterocycles. The molecule has 3 rings (SSSR count). The topological polar surface area (TPSA) is 92.5 Å². The third-order valence-corrected chi connectivity index (χ3v) is 6.05. The number of carbonyl (C=O) groups excluding carboxylic acids is 1. The Morgan fingerprint density at radius 3 is 2.30 bits per heavy atom. The van der Waals surface area contributed by atoms with Gasteiger partial charge in [-0.05, 0) is 49.1 Å². The maximum atomic E-state index is 12.8. The van der Waals surface area contributed by atoms with Gasteiger partial charge >= 0.3 is 0 Å². The summed E-state index contributed by atoms with van der Waals surface area (Å²) in [6.07, 6.45) is 2.50. The number of nitrogens with two attached hydrogens (primary N) is 1. The summed E-state index contributed by atoms with van der Waals surface area (Å²) in [6, 6.07) is 16.1. The molecule has 144 valence electrons. The molecule has 27 heavy (non-hydrogen) atoms. The van der Waals surface area contributed by atoms with Gasteiger partial charge in [-0.2, -0.15) is 0 Å². The fraction of sp³-hybridized carbons (Fsp3) is 0.350. The molecule has 0 aromatic heterocycles. The van der Waals surface area contributed by atoms with Crippen molar-refractivity contribution < 1.29 is 13.2 Å². The van der Waals surface area contributed by atoms with Crippen LogP contribution in [0, 0.1) is 0 Å². The largest absolute Gasteiger partial charge is 0.337 e. The lowest BCUT2D eigenvalue weighted by Gasteiger charge is -2.22. The maximum absolute atomic E-state index is 12.8. The molecule has 1 aliphatic carbocycles. The molecule has 0 spiro atoms. The Balaban J connectivity index is 1.67. The van der Waals surface area contributed by atoms with Crippen molar-refractivity contribution in [3.05, 3.63) is 65.7 Å². The quantitative estimate of drug-likeness (QED) is 0.686. The summed E-state index contributed by atoms with van der Waals surface area (Å²) in [6.45, 7) is 1.39. The molecule has 7 heteroatoms. The molecule has 1 saturated carbocycles. The highest BCUT2D eigenvalue weighted by Gasteiger charge is 2.28. The van der Waals surface area contributed by atoms with E-state index in [1.54, 1.807) is 17.0 Å². The van der Waals surface area contributed by atoms with Gasteiger partial charge in [0.25, 0.3) is 5.91 Å². The number of hydrogen-bond donors (Lipinski definition) is 2. The van der Waals surface area contributed by atoms with E-state index in [1.165, 1.54) is 12.1 Å². The molecule has 2 aromatic carbocycles. The van der Waals surface area contributed by atoms with E-state index in [1.807, 2.05) is 30.3 Å². The lowest BCUT2D eigenvalue weighted by Crippen LogP contribution is -2.37. The van der Waals surface area contributed by atoms with Crippen molar-refractivity contribution in [2.75, 3.05) is 19.6 Å². The number of hydrogen-bond acceptors (Lipinski definition) is 4. The van der Waals surface area contributed by atoms with E-state index in [-0.39, 0.29) is 16.8 Å². The van der Waals surface area contributed by atoms with Crippen LogP contribution in [0.15, 0.2) is 59.5 Å². The second-order valence-corrected chi connectivity index (χ2v) is 8.45. The van der Waals surface area contributed by atoms with Crippen molar-refractivity contribution in [2.45, 2.75) is 30.2 Å². The number of amides is 1. The Hall–Kier alpha value is -2.22. The molecular weight excluding hydrogens is 362 g/mol. The van der Waals surface area contributed by atoms with Crippen molar-refractivity contribution in [1.29, 1.82) is 0 Å². The summed E-state index contributed by atoms with van der Waals surface area (Å²) in [5, 5.41) is 0. The van der Waals surface area contributed by atoms with E-state index in [2.05, 4.69) is 4.72 Å². The Labute approximate surface area is 160 Å². The van der Waals surface area contributed by atoms with Crippen molar-refractivity contribution in [3.63, 3.8) is 0 Å². The van der Waals surface area contributed by atoms with Gasteiger partial charge < -0.3 is 10.6 Å². The van der Waals surface area contributed by atoms with Crippen molar-refractivity contribution in [1.82, 2.24) is 9.62 Å². The first-order chi connectivity index (χ1) is 13.0. The van der Waals surface area contributed by atoms with Crippen LogP contribution in [0.5, 0.6) is 0 Å². The first kappa shape index (κ1) is 19.5. The Bertz CT molecular complexity index is 863. The summed E-state index contributed by atoms with van der Waals surface area (Å²) < 4.78 is 27.1. The van der Waals surface area contributed by atoms with Gasteiger partial charge in [-0.15, -0.1) is 0 Å². The molecule has 1 fully saturated rings. The van der Waals surface area contributed by atoms with Gasteiger partial charge in [0.1, 0.15) is 0 Å². The zero-order valence-corrected chi connectivity index (χ0v) is 16.0. The number of nitrogens with zero attached hydrogens (tertiary/aromatic N) is 1. The minimum atomic E-state index is -3.51. The third-order valence-electron chi connectivity index (χ3n) is 4.51. The molecule has 1 aliphatic rings. The van der Waals surface area contributed by atoms with Crippen LogP contribution in [0.1, 0.15) is 28.8 Å². The summed E-state index contributed by atoms with van der Waals surface area (Å²) >= 11 is 0. The molecule has 6 nitrogen and oxygen atoms in total. The molecule has 0 unspecified atom stereocenters. The fourth-order valence-corrected chi connectivity index (χ4v) is 4.13. The lowest BCUT2D eigenvalue weighted by molar-refractivity contribution is 0.0762. The molecule has 0 aliphatic heterocycles. The fourth-order valence-electron chi connectivity index (χ4n) is 2.83. The van der Waals surface area contributed by atoms with Crippen LogP contribution in [0.4, 0.5) is 0 Å². The van der Waals surface area contributed by atoms with E-state index >= 15 is 0 Å². The first-order valence-electron chi connectivity index (χ1n) is 9.15. The molecule has 3 N–H and O–H groups in total. The molecular formula is C20H25N3O3S. The van der Waals surface area contributed by atoms with E-state index in [4.69, 9.17) is 5.73 Å². The highest BCUT2D eigenvalue weighted by molar-refractivity contribution is 7.89. The summed E-state index contributed by atoms with van der Waals surface area (Å²) in [5.41, 5.74) is 7.28. The Morgan fingerprint density at radius 2 is 1.70 bits per heavy atom. The van der Waals surface area contributed by atoms with E-state index in [0.29, 0.717) is 25.2 Å². The van der Waals surface area contributed by atoms with Gasteiger partial charge in [0, 0.05) is 31.2 Å². The molecule has 0 radical (unpaired) electrons. The standard InChI is InChI=1S/C20H25N3O3S/c21-13-15-23(14-12-16-4-2-1-3-5-16)20(24)17-6-10-19(11-7-17)27(25,26)22-18-8-9-18/h1-7,10-11,18,22H,8-9,12-15,21H2. The predicted octanol–water partition coefficient (Wildman–Crippen LogP) is 1.77. The summed E-state index contributed by atoms with van der Waals surface area (Å²) in [5.74, 6) is -0.143. The highest BCUT2D eigenvalue weighted by Crippen LogP contribution is 2.22. The summed E-state index contributed by atoms with van der Waals surface area (Å²) in [4.78, 5) is 14.7. The zero-order valence-electron chi connectivity index (χ0n) is 15.2. The van der Waals surface area contributed by atoms with Crippen LogP contribution in [0.2, 0.25) is 0 Å². The van der Waals surface area contributed by atoms with Gasteiger partial charge in [0.15, 0.2) is 0 Å². The molecule has 0 bridgehead atoms. The van der Waals surface area contributed by atoms with Crippen molar-refractivity contribution in [2.24, 2.45) is 5.73 Å². The predicted molar refractivity (Wildman–Crippen MR) is 105 cm³/mol. The van der Waals surface area contributed by atoms with Gasteiger partial charge in [0.05, 0.1) is 4.90 Å². The van der Waals surface area contributed by atoms with E-state index < -0.39 is 10.0 Å². The number of nitrogens with one attached hydrogen (secondary N) is 1. The van der Waals surface area contributed by atoms with Crippen molar-refractivity contribution in [3.8, 4) is 0 Å². The second kappa shape index (κ2) is 8.65. The smallest absolute Gasteiger partial charge is 0.253 e. The lowest BCUT2D eigenvalue weighted by atomic mass is 10.1. The molecule has 1 amide bonds. The average Bonchev–Trinajstić information content (AvgIpc) is 3.49. The SMILES string of the molecule is NCCN(CCc1ccccc1)C(=O)c1ccc(S(=O)(=O)NC2CC2)cc1. The Kier molecular flexibility index (Phi) is 6.26. The van der Waals surface area contributed by atoms with Crippen LogP contribution >= 0.6 is 0 Å². The normalized spacial score (nSPS) is 14.1. The maximum Gasteiger partial charge on any atom is 0.253 e. The number of rotatable bonds is 9. The van der Waals surface area contributed by atoms with E-state index in [0.717, 1.165) is 24.8 Å². The number of carbonyl (C=O) groups is 1. The van der Waals surface area contributed by atoms with Crippen LogP contribution in [0.3, 0.4) is 0 Å². The summed E-state index contributed by atoms with van der Waals surface area (Å²) in [7, 11) is -3.51. The van der Waals surface area contributed by atoms with Crippen LogP contribution < -0.4 is 10.5 Å². The second-order valence-electron chi connectivity index (χ2n) is 6.74. The first-order valence-corrected chi connectivity index (χ1v) is 10.6. The minimum absolute atomic E-state index is 0.0503.